The summed E-state index contributed by atoms with van der Waals surface area (Å²) < 4.78 is 18.5. The predicted molar refractivity (Wildman–Crippen MR) is 154 cm³/mol. The summed E-state index contributed by atoms with van der Waals surface area (Å²) in [6.07, 6.45) is 5.32. The molecule has 0 aliphatic rings. The molecule has 0 spiro atoms. The smallest absolute Gasteiger partial charge is 0.324 e. The summed E-state index contributed by atoms with van der Waals surface area (Å²) in [7, 11) is 1.78. The van der Waals surface area contributed by atoms with E-state index >= 15 is 0 Å². The molecular formula is C29H26ClFN8O2. The van der Waals surface area contributed by atoms with Gasteiger partial charge in [0.1, 0.15) is 11.9 Å². The lowest BCUT2D eigenvalue weighted by atomic mass is 9.96. The Morgan fingerprint density at radius 3 is 2.61 bits per heavy atom. The van der Waals surface area contributed by atoms with Crippen molar-refractivity contribution >= 4 is 34.1 Å². The van der Waals surface area contributed by atoms with E-state index in [-0.39, 0.29) is 29.7 Å². The van der Waals surface area contributed by atoms with Gasteiger partial charge < -0.3 is 5.32 Å². The number of benzene rings is 2. The van der Waals surface area contributed by atoms with Gasteiger partial charge in [0.05, 0.1) is 40.2 Å². The topological polar surface area (TPSA) is 123 Å². The first-order valence-electron chi connectivity index (χ1n) is 12.8. The molecule has 10 nitrogen and oxygen atoms in total. The van der Waals surface area contributed by atoms with E-state index in [2.05, 4.69) is 20.4 Å². The van der Waals surface area contributed by atoms with Crippen LogP contribution in [0.1, 0.15) is 36.1 Å². The highest BCUT2D eigenvalue weighted by Gasteiger charge is 2.20. The highest BCUT2D eigenvalue weighted by molar-refractivity contribution is 6.34. The average Bonchev–Trinajstić information content (AvgIpc) is 3.25. The summed E-state index contributed by atoms with van der Waals surface area (Å²) in [6.45, 7) is 5.67. The van der Waals surface area contributed by atoms with Gasteiger partial charge in [0.2, 0.25) is 5.95 Å². The number of hydrogen-bond acceptors (Lipinski definition) is 7. The van der Waals surface area contributed by atoms with Crippen molar-refractivity contribution in [2.45, 2.75) is 33.7 Å². The van der Waals surface area contributed by atoms with Crippen LogP contribution in [0.15, 0.2) is 58.5 Å². The van der Waals surface area contributed by atoms with Crippen molar-refractivity contribution in [2.24, 2.45) is 13.0 Å². The van der Waals surface area contributed by atoms with Crippen LogP contribution < -0.4 is 16.7 Å². The van der Waals surface area contributed by atoms with Crippen LogP contribution in [-0.4, -0.2) is 28.9 Å². The van der Waals surface area contributed by atoms with E-state index in [1.807, 2.05) is 19.9 Å². The molecule has 0 atom stereocenters. The molecule has 41 heavy (non-hydrogen) atoms. The number of aromatic nitrogens is 6. The largest absolute Gasteiger partial charge is 0.359 e. The van der Waals surface area contributed by atoms with Gasteiger partial charge in [0.25, 0.3) is 0 Å². The summed E-state index contributed by atoms with van der Waals surface area (Å²) in [5.74, 6) is -0.533. The second-order valence-corrected chi connectivity index (χ2v) is 10.7. The van der Waals surface area contributed by atoms with Gasteiger partial charge >= 0.3 is 11.4 Å². The molecule has 208 valence electrons. The zero-order chi connectivity index (χ0) is 29.4. The number of fused-ring (bicyclic) bond motifs is 1. The lowest BCUT2D eigenvalue weighted by Crippen LogP contribution is -2.42. The van der Waals surface area contributed by atoms with E-state index in [4.69, 9.17) is 11.6 Å². The van der Waals surface area contributed by atoms with E-state index in [0.717, 1.165) is 15.5 Å². The van der Waals surface area contributed by atoms with Gasteiger partial charge in [-0.3, -0.25) is 14.2 Å². The normalized spacial score (nSPS) is 11.3. The Morgan fingerprint density at radius 1 is 1.12 bits per heavy atom. The third-order valence-corrected chi connectivity index (χ3v) is 6.82. The number of nitriles is 1. The number of anilines is 2. The average molecular weight is 573 g/mol. The Bertz CT molecular complexity index is 1970. The van der Waals surface area contributed by atoms with Gasteiger partial charge in [-0.25, -0.2) is 18.5 Å². The lowest BCUT2D eigenvalue weighted by molar-refractivity contribution is 0.598. The summed E-state index contributed by atoms with van der Waals surface area (Å²) in [4.78, 5) is 35.6. The number of nitrogens with zero attached hydrogens (tertiary/aromatic N) is 7. The van der Waals surface area contributed by atoms with Gasteiger partial charge in [-0.2, -0.15) is 15.3 Å². The first kappa shape index (κ1) is 27.7. The van der Waals surface area contributed by atoms with Crippen LogP contribution in [0.5, 0.6) is 0 Å². The molecular weight excluding hydrogens is 547 g/mol. The van der Waals surface area contributed by atoms with Crippen molar-refractivity contribution in [3.05, 3.63) is 103 Å². The minimum Gasteiger partial charge on any atom is -0.324 e. The van der Waals surface area contributed by atoms with Crippen LogP contribution in [0.2, 0.25) is 5.02 Å². The van der Waals surface area contributed by atoms with Crippen LogP contribution >= 0.6 is 11.6 Å². The van der Waals surface area contributed by atoms with Gasteiger partial charge in [-0.05, 0) is 66.3 Å². The second-order valence-electron chi connectivity index (χ2n) is 10.3. The fourth-order valence-corrected chi connectivity index (χ4v) is 4.90. The molecule has 3 heterocycles. The van der Waals surface area contributed by atoms with Gasteiger partial charge in [0.15, 0.2) is 0 Å². The molecule has 0 radical (unpaired) electrons. The van der Waals surface area contributed by atoms with Crippen LogP contribution in [0.3, 0.4) is 0 Å². The van der Waals surface area contributed by atoms with Crippen LogP contribution in [0.4, 0.5) is 16.0 Å². The number of halogens is 2. The Hall–Kier alpha value is -4.82. The Kier molecular flexibility index (Phi) is 7.43. The molecule has 0 aliphatic carbocycles. The number of aryl methyl sites for hydroxylation is 2. The Morgan fingerprint density at radius 2 is 1.90 bits per heavy atom. The first-order chi connectivity index (χ1) is 19.5. The van der Waals surface area contributed by atoms with Crippen molar-refractivity contribution < 1.29 is 4.39 Å². The van der Waals surface area contributed by atoms with Crippen molar-refractivity contribution in [1.82, 2.24) is 28.9 Å². The van der Waals surface area contributed by atoms with E-state index in [1.54, 1.807) is 49.2 Å². The van der Waals surface area contributed by atoms with E-state index < -0.39 is 17.2 Å². The van der Waals surface area contributed by atoms with Crippen molar-refractivity contribution in [3.8, 4) is 11.8 Å². The molecule has 0 aliphatic heterocycles. The van der Waals surface area contributed by atoms with E-state index in [0.29, 0.717) is 33.8 Å². The maximum absolute atomic E-state index is 14.6. The van der Waals surface area contributed by atoms with Crippen molar-refractivity contribution in [3.63, 3.8) is 0 Å². The van der Waals surface area contributed by atoms with Crippen LogP contribution in [0.25, 0.3) is 16.6 Å². The van der Waals surface area contributed by atoms with Gasteiger partial charge in [-0.1, -0.05) is 25.4 Å². The molecule has 1 N–H and O–H groups in total. The monoisotopic (exact) mass is 572 g/mol. The molecule has 2 aromatic carbocycles. The molecule has 5 rings (SSSR count). The number of nitrogens with one attached hydrogen (secondary N) is 1. The predicted octanol–water partition coefficient (Wildman–Crippen LogP) is 4.64. The van der Waals surface area contributed by atoms with Crippen molar-refractivity contribution in [1.29, 1.82) is 5.26 Å². The zero-order valence-corrected chi connectivity index (χ0v) is 23.6. The fourth-order valence-electron chi connectivity index (χ4n) is 4.69. The van der Waals surface area contributed by atoms with Gasteiger partial charge in [0, 0.05) is 24.8 Å². The Labute approximate surface area is 239 Å². The molecule has 0 saturated carbocycles. The molecule has 0 unspecified atom stereocenters. The lowest BCUT2D eigenvalue weighted by Gasteiger charge is -2.19. The van der Waals surface area contributed by atoms with Crippen LogP contribution in [-0.2, 0) is 20.0 Å². The second kappa shape index (κ2) is 11.0. The number of rotatable bonds is 7. The number of pyridine rings is 1. The molecule has 3 aromatic heterocycles. The summed E-state index contributed by atoms with van der Waals surface area (Å²) in [6, 6.07) is 9.69. The SMILES string of the molecule is Cc1cncc(-n2c(=O)nc(Nc3cc4cn(C)nc4cc3Cl)n(Cc3cc(C#N)c(F)cc3CC(C)C)c2=O)c1. The quantitative estimate of drug-likeness (QED) is 0.301. The summed E-state index contributed by atoms with van der Waals surface area (Å²) in [5.41, 5.74) is 1.59. The summed E-state index contributed by atoms with van der Waals surface area (Å²) >= 11 is 6.54. The molecule has 0 bridgehead atoms. The summed E-state index contributed by atoms with van der Waals surface area (Å²) in [5, 5.41) is 18.0. The molecule has 5 aromatic rings. The maximum atomic E-state index is 14.6. The molecule has 0 fully saturated rings. The maximum Gasteiger partial charge on any atom is 0.359 e. The highest BCUT2D eigenvalue weighted by atomic mass is 35.5. The Balaban J connectivity index is 1.72. The van der Waals surface area contributed by atoms with Crippen molar-refractivity contribution in [2.75, 3.05) is 5.32 Å². The van der Waals surface area contributed by atoms with E-state index in [9.17, 15) is 19.2 Å². The highest BCUT2D eigenvalue weighted by Crippen LogP contribution is 2.29. The molecule has 12 heteroatoms. The minimum absolute atomic E-state index is 0.0691. The third-order valence-electron chi connectivity index (χ3n) is 6.51. The fraction of sp³-hybridized carbons (Fsp3) is 0.241. The minimum atomic E-state index is -0.820. The first-order valence-corrected chi connectivity index (χ1v) is 13.2. The van der Waals surface area contributed by atoms with E-state index in [1.165, 1.54) is 22.9 Å². The molecule has 0 amide bonds. The molecule has 0 saturated heterocycles. The third kappa shape index (κ3) is 5.60. The van der Waals surface area contributed by atoms with Crippen LogP contribution in [0, 0.1) is 30.0 Å². The standard InChI is InChI=1S/C29H26ClFN8O2/c1-16(2)5-18-8-24(31)19(11-32)7-20(18)15-38-27(34-26-9-21-14-37(4)36-25(21)10-23(26)30)35-28(40)39(29(38)41)22-6-17(3)12-33-13-22/h6-10,12-14,16H,5,15H2,1-4H3,(H,34,35,40). The zero-order valence-electron chi connectivity index (χ0n) is 22.8. The number of hydrogen-bond donors (Lipinski definition) is 1. The van der Waals surface area contributed by atoms with Gasteiger partial charge in [-0.15, -0.1) is 0 Å².